The zero-order valence-electron chi connectivity index (χ0n) is 8.29. The second-order valence-corrected chi connectivity index (χ2v) is 4.15. The van der Waals surface area contributed by atoms with Crippen molar-refractivity contribution in [3.63, 3.8) is 0 Å². The van der Waals surface area contributed by atoms with Crippen molar-refractivity contribution in [2.45, 2.75) is 25.3 Å². The molecule has 72 valence electrons. The van der Waals surface area contributed by atoms with Gasteiger partial charge in [-0.25, -0.2) is 0 Å². The molecule has 1 aromatic carbocycles. The summed E-state index contributed by atoms with van der Waals surface area (Å²) in [5, 5.41) is 3.59. The van der Waals surface area contributed by atoms with E-state index in [2.05, 4.69) is 35.7 Å². The van der Waals surface area contributed by atoms with Crippen LogP contribution in [-0.4, -0.2) is 12.6 Å². The number of aryl methyl sites for hydroxylation is 1. The minimum atomic E-state index is 0.624. The van der Waals surface area contributed by atoms with E-state index in [1.807, 2.05) is 0 Å². The summed E-state index contributed by atoms with van der Waals surface area (Å²) in [6, 6.07) is 9.45. The fourth-order valence-electron chi connectivity index (χ4n) is 2.61. The highest BCUT2D eigenvalue weighted by Crippen LogP contribution is 2.32. The van der Waals surface area contributed by atoms with Crippen LogP contribution < -0.4 is 5.32 Å². The predicted octanol–water partition coefficient (Wildman–Crippen LogP) is 2.38. The van der Waals surface area contributed by atoms with Crippen molar-refractivity contribution in [1.29, 1.82) is 0 Å². The van der Waals surface area contributed by atoms with Crippen LogP contribution in [0.4, 0.5) is 0 Å². The number of nitrogens with one attached hydrogen (secondary N) is 1. The molecule has 0 amide bonds. The van der Waals surface area contributed by atoms with Crippen LogP contribution in [0.25, 0.3) is 5.57 Å². The van der Waals surface area contributed by atoms with E-state index in [1.165, 1.54) is 36.0 Å². The fourth-order valence-corrected chi connectivity index (χ4v) is 2.61. The first-order valence-electron chi connectivity index (χ1n) is 5.47. The van der Waals surface area contributed by atoms with E-state index >= 15 is 0 Å². The zero-order chi connectivity index (χ0) is 9.38. The first kappa shape index (κ1) is 8.25. The van der Waals surface area contributed by atoms with E-state index in [0.717, 1.165) is 6.54 Å². The smallest absolute Gasteiger partial charge is 0.0326 e. The Bertz CT molecular complexity index is 379. The highest BCUT2D eigenvalue weighted by Gasteiger charge is 2.24. The number of hydrogen-bond acceptors (Lipinski definition) is 1. The predicted molar refractivity (Wildman–Crippen MR) is 59.1 cm³/mol. The Labute approximate surface area is 84.8 Å². The third kappa shape index (κ3) is 1.20. The molecule has 0 saturated heterocycles. The molecule has 1 atom stereocenters. The van der Waals surface area contributed by atoms with Crippen LogP contribution in [0.2, 0.25) is 0 Å². The van der Waals surface area contributed by atoms with E-state index in [1.54, 1.807) is 0 Å². The second-order valence-electron chi connectivity index (χ2n) is 4.15. The topological polar surface area (TPSA) is 12.0 Å². The molecule has 1 aromatic rings. The van der Waals surface area contributed by atoms with Crippen LogP contribution >= 0.6 is 0 Å². The maximum absolute atomic E-state index is 3.59. The monoisotopic (exact) mass is 185 g/mol. The Balaban J connectivity index is 2.11. The van der Waals surface area contributed by atoms with E-state index < -0.39 is 0 Å². The number of fused-ring (bicyclic) bond motifs is 3. The molecule has 2 aliphatic rings. The Morgan fingerprint density at radius 3 is 3.14 bits per heavy atom. The first-order valence-corrected chi connectivity index (χ1v) is 5.47. The summed E-state index contributed by atoms with van der Waals surface area (Å²) in [7, 11) is 0. The van der Waals surface area contributed by atoms with Crippen molar-refractivity contribution < 1.29 is 0 Å². The Kier molecular flexibility index (Phi) is 1.91. The summed E-state index contributed by atoms with van der Waals surface area (Å²) in [6.07, 6.45) is 6.09. The summed E-state index contributed by atoms with van der Waals surface area (Å²) < 4.78 is 0. The van der Waals surface area contributed by atoms with Crippen LogP contribution in [0.15, 0.2) is 30.3 Å². The standard InChI is InChI=1S/C13H15N/c1-2-5-11-10(4-1)7-8-13-12(11)6-3-9-14-13/h1-2,4-6,13-14H,3,7-9H2. The van der Waals surface area contributed by atoms with Gasteiger partial charge in [-0.2, -0.15) is 0 Å². The van der Waals surface area contributed by atoms with E-state index in [0.29, 0.717) is 6.04 Å². The maximum Gasteiger partial charge on any atom is 0.0326 e. The lowest BCUT2D eigenvalue weighted by atomic mass is 9.82. The quantitative estimate of drug-likeness (QED) is 0.654. The van der Waals surface area contributed by atoms with Gasteiger partial charge >= 0.3 is 0 Å². The molecule has 14 heavy (non-hydrogen) atoms. The van der Waals surface area contributed by atoms with Gasteiger partial charge in [-0.3, -0.25) is 0 Å². The molecule has 0 spiro atoms. The zero-order valence-corrected chi connectivity index (χ0v) is 8.29. The molecule has 0 aromatic heterocycles. The lowest BCUT2D eigenvalue weighted by molar-refractivity contribution is 0.544. The number of benzene rings is 1. The van der Waals surface area contributed by atoms with Crippen LogP contribution in [-0.2, 0) is 6.42 Å². The highest BCUT2D eigenvalue weighted by molar-refractivity contribution is 5.74. The van der Waals surface area contributed by atoms with Gasteiger partial charge in [0, 0.05) is 6.04 Å². The normalized spacial score (nSPS) is 24.9. The van der Waals surface area contributed by atoms with Crippen molar-refractivity contribution in [2.24, 2.45) is 0 Å². The highest BCUT2D eigenvalue weighted by atomic mass is 14.9. The van der Waals surface area contributed by atoms with Crippen LogP contribution in [0.3, 0.4) is 0 Å². The van der Waals surface area contributed by atoms with Gasteiger partial charge in [-0.1, -0.05) is 30.3 Å². The van der Waals surface area contributed by atoms with Crippen molar-refractivity contribution in [3.8, 4) is 0 Å². The Hall–Kier alpha value is -1.08. The van der Waals surface area contributed by atoms with Gasteiger partial charge in [0.25, 0.3) is 0 Å². The maximum atomic E-state index is 3.59. The Morgan fingerprint density at radius 2 is 2.14 bits per heavy atom. The lowest BCUT2D eigenvalue weighted by Gasteiger charge is -2.31. The van der Waals surface area contributed by atoms with Gasteiger partial charge in [0.05, 0.1) is 0 Å². The molecule has 1 heterocycles. The van der Waals surface area contributed by atoms with Crippen LogP contribution in [0, 0.1) is 0 Å². The molecule has 0 fully saturated rings. The van der Waals surface area contributed by atoms with Crippen molar-refractivity contribution in [2.75, 3.05) is 6.54 Å². The third-order valence-corrected chi connectivity index (χ3v) is 3.31. The minimum Gasteiger partial charge on any atom is -0.310 e. The Morgan fingerprint density at radius 1 is 1.21 bits per heavy atom. The van der Waals surface area contributed by atoms with Crippen LogP contribution in [0.5, 0.6) is 0 Å². The van der Waals surface area contributed by atoms with Gasteiger partial charge in [-0.15, -0.1) is 0 Å². The van der Waals surface area contributed by atoms with Crippen molar-refractivity contribution in [1.82, 2.24) is 5.32 Å². The second kappa shape index (κ2) is 3.25. The molecule has 1 heteroatoms. The molecule has 1 aliphatic carbocycles. The molecular formula is C13H15N. The largest absolute Gasteiger partial charge is 0.310 e. The summed E-state index contributed by atoms with van der Waals surface area (Å²) in [6.45, 7) is 1.15. The van der Waals surface area contributed by atoms with Crippen LogP contribution in [0.1, 0.15) is 24.0 Å². The molecule has 1 N–H and O–H groups in total. The van der Waals surface area contributed by atoms with Crippen molar-refractivity contribution in [3.05, 3.63) is 41.5 Å². The molecule has 1 aliphatic heterocycles. The lowest BCUT2D eigenvalue weighted by Crippen LogP contribution is -2.36. The van der Waals surface area contributed by atoms with Gasteiger partial charge < -0.3 is 5.32 Å². The molecule has 0 saturated carbocycles. The molecule has 0 radical (unpaired) electrons. The van der Waals surface area contributed by atoms with Gasteiger partial charge in [-0.05, 0) is 42.5 Å². The fraction of sp³-hybridized carbons (Fsp3) is 0.385. The van der Waals surface area contributed by atoms with E-state index in [9.17, 15) is 0 Å². The molecular weight excluding hydrogens is 170 g/mol. The minimum absolute atomic E-state index is 0.624. The summed E-state index contributed by atoms with van der Waals surface area (Å²) in [5.74, 6) is 0. The van der Waals surface area contributed by atoms with Crippen molar-refractivity contribution >= 4 is 5.57 Å². The average molecular weight is 185 g/mol. The SMILES string of the molecule is C1=C2c3ccccc3CCC2NCC1. The van der Waals surface area contributed by atoms with Gasteiger partial charge in [0.15, 0.2) is 0 Å². The summed E-state index contributed by atoms with van der Waals surface area (Å²) >= 11 is 0. The third-order valence-electron chi connectivity index (χ3n) is 3.31. The molecule has 1 nitrogen and oxygen atoms in total. The molecule has 1 unspecified atom stereocenters. The number of hydrogen-bond donors (Lipinski definition) is 1. The average Bonchev–Trinajstić information content (AvgIpc) is 2.29. The van der Waals surface area contributed by atoms with Gasteiger partial charge in [0.1, 0.15) is 0 Å². The molecule has 0 bridgehead atoms. The molecule has 3 rings (SSSR count). The van der Waals surface area contributed by atoms with Gasteiger partial charge in [0.2, 0.25) is 0 Å². The first-order chi connectivity index (χ1) is 6.95. The number of rotatable bonds is 0. The summed E-state index contributed by atoms with van der Waals surface area (Å²) in [5.41, 5.74) is 4.55. The van der Waals surface area contributed by atoms with E-state index in [-0.39, 0.29) is 0 Å². The summed E-state index contributed by atoms with van der Waals surface area (Å²) in [4.78, 5) is 0. The van der Waals surface area contributed by atoms with E-state index in [4.69, 9.17) is 0 Å².